The number of nitrogens with one attached hydrogen (secondary N) is 2. The number of H-pyrrole nitrogens is 2. The molecule has 0 bridgehead atoms. The highest BCUT2D eigenvalue weighted by molar-refractivity contribution is 5.83. The van der Waals surface area contributed by atoms with Gasteiger partial charge in [-0.05, 0) is 108 Å². The lowest BCUT2D eigenvalue weighted by atomic mass is 9.86. The van der Waals surface area contributed by atoms with Crippen LogP contribution in [0.3, 0.4) is 0 Å². The highest BCUT2D eigenvalue weighted by atomic mass is 16.6. The van der Waals surface area contributed by atoms with Crippen LogP contribution in [0.25, 0.3) is 33.6 Å². The fourth-order valence-corrected chi connectivity index (χ4v) is 6.84. The molecule has 7 rings (SSSR count). The number of aromatic nitrogens is 4. The van der Waals surface area contributed by atoms with Crippen LogP contribution in [0.4, 0.5) is 9.59 Å². The zero-order chi connectivity index (χ0) is 36.2. The average molecular weight is 697 g/mol. The summed E-state index contributed by atoms with van der Waals surface area (Å²) in [4.78, 5) is 45.7. The first-order valence-corrected chi connectivity index (χ1v) is 17.7. The Bertz CT molecular complexity index is 1970. The van der Waals surface area contributed by atoms with E-state index in [0.29, 0.717) is 25.5 Å². The number of aromatic amines is 2. The highest BCUT2D eigenvalue weighted by Gasteiger charge is 2.38. The van der Waals surface area contributed by atoms with Crippen LogP contribution in [0.15, 0.2) is 36.5 Å². The largest absolute Gasteiger partial charge is 0.488 e. The van der Waals surface area contributed by atoms with Crippen LogP contribution in [0, 0.1) is 0 Å². The number of ether oxygens (including phenoxy) is 4. The summed E-state index contributed by atoms with van der Waals surface area (Å²) in [5.74, 6) is 2.29. The van der Waals surface area contributed by atoms with E-state index in [-0.39, 0.29) is 24.8 Å². The van der Waals surface area contributed by atoms with Crippen molar-refractivity contribution in [2.75, 3.05) is 20.2 Å². The number of carbonyl (C=O) groups excluding carboxylic acids is 2. The molecule has 4 heterocycles. The summed E-state index contributed by atoms with van der Waals surface area (Å²) in [6.07, 6.45) is 3.47. The van der Waals surface area contributed by atoms with Gasteiger partial charge in [0.2, 0.25) is 0 Å². The molecular formula is C39H48N6O6. The molecule has 2 amide bonds. The summed E-state index contributed by atoms with van der Waals surface area (Å²) in [7, 11) is 1.63. The SMILES string of the molecule is COC(C)CN(Cc1nc2c([nH]1)CCc1cc3c(cc1-2)OCc1cc(-c2cnc(C4CCN4C(=O)OC(C)(C)C)[nH]2)ccc1-3)C(=O)OC(C)(C)C. The predicted molar refractivity (Wildman–Crippen MR) is 192 cm³/mol. The molecule has 1 saturated heterocycles. The van der Waals surface area contributed by atoms with E-state index in [1.807, 2.05) is 54.7 Å². The van der Waals surface area contributed by atoms with Crippen molar-refractivity contribution in [2.24, 2.45) is 0 Å². The van der Waals surface area contributed by atoms with Gasteiger partial charge in [0.15, 0.2) is 0 Å². The first-order valence-electron chi connectivity index (χ1n) is 17.7. The van der Waals surface area contributed by atoms with Gasteiger partial charge in [-0.3, -0.25) is 9.80 Å². The zero-order valence-electron chi connectivity index (χ0n) is 30.8. The van der Waals surface area contributed by atoms with Gasteiger partial charge in [0, 0.05) is 30.5 Å². The molecule has 0 saturated carbocycles. The molecule has 2 aromatic carbocycles. The van der Waals surface area contributed by atoms with E-state index in [0.717, 1.165) is 75.7 Å². The van der Waals surface area contributed by atoms with Crippen molar-refractivity contribution >= 4 is 12.2 Å². The standard InChI is InChI=1S/C39H48N6O6/c1-22(48-8)19-44(36(46)50-38(2,3)4)20-33-41-29-12-10-23-16-28-26-11-9-24(15-25(26)21-49-32(28)17-27(23)34(29)43-33)30-18-40-35(42-30)31-13-14-45(31)37(47)51-39(5,6)7/h9,11,15-18,22,31H,10,12-14,19-21H2,1-8H3,(H,40,42)(H,41,43). The Balaban J connectivity index is 1.10. The van der Waals surface area contributed by atoms with Gasteiger partial charge >= 0.3 is 12.2 Å². The Morgan fingerprint density at radius 1 is 1.00 bits per heavy atom. The molecule has 1 aliphatic carbocycles. The number of imidazole rings is 2. The van der Waals surface area contributed by atoms with Crippen molar-refractivity contribution < 1.29 is 28.5 Å². The maximum atomic E-state index is 13.1. The van der Waals surface area contributed by atoms with Crippen molar-refractivity contribution in [3.8, 4) is 39.4 Å². The zero-order valence-corrected chi connectivity index (χ0v) is 30.8. The van der Waals surface area contributed by atoms with Crippen LogP contribution in [0.2, 0.25) is 0 Å². The average Bonchev–Trinajstić information content (AvgIpc) is 3.68. The Labute approximate surface area is 298 Å². The second-order valence-corrected chi connectivity index (χ2v) is 15.7. The molecule has 0 radical (unpaired) electrons. The molecule has 2 aliphatic heterocycles. The molecule has 2 N–H and O–H groups in total. The number of hydrogen-bond donors (Lipinski definition) is 2. The highest BCUT2D eigenvalue weighted by Crippen LogP contribution is 2.45. The minimum atomic E-state index is -0.614. The first kappa shape index (κ1) is 34.6. The molecule has 12 heteroatoms. The fourth-order valence-electron chi connectivity index (χ4n) is 6.84. The van der Waals surface area contributed by atoms with Crippen LogP contribution < -0.4 is 4.74 Å². The summed E-state index contributed by atoms with van der Waals surface area (Å²) in [5.41, 5.74) is 8.27. The third kappa shape index (κ3) is 7.19. The molecule has 0 spiro atoms. The Kier molecular flexibility index (Phi) is 8.85. The Morgan fingerprint density at radius 3 is 2.49 bits per heavy atom. The number of aryl methyl sites for hydroxylation is 2. The van der Waals surface area contributed by atoms with Gasteiger partial charge in [-0.15, -0.1) is 0 Å². The number of rotatable bonds is 7. The van der Waals surface area contributed by atoms with Gasteiger partial charge in [-0.25, -0.2) is 19.6 Å². The van der Waals surface area contributed by atoms with Crippen molar-refractivity contribution in [3.63, 3.8) is 0 Å². The molecule has 51 heavy (non-hydrogen) atoms. The van der Waals surface area contributed by atoms with E-state index in [1.54, 1.807) is 16.9 Å². The maximum Gasteiger partial charge on any atom is 0.410 e. The molecule has 3 aliphatic rings. The Hall–Kier alpha value is -4.84. The first-order chi connectivity index (χ1) is 24.2. The van der Waals surface area contributed by atoms with Gasteiger partial charge in [0.25, 0.3) is 0 Å². The lowest BCUT2D eigenvalue weighted by Crippen LogP contribution is -2.47. The lowest BCUT2D eigenvalue weighted by molar-refractivity contribution is -0.00727. The lowest BCUT2D eigenvalue weighted by Gasteiger charge is -2.40. The van der Waals surface area contributed by atoms with Crippen LogP contribution in [0.5, 0.6) is 5.75 Å². The molecule has 4 aromatic rings. The van der Waals surface area contributed by atoms with Crippen LogP contribution >= 0.6 is 0 Å². The van der Waals surface area contributed by atoms with E-state index in [2.05, 4.69) is 45.3 Å². The molecule has 12 nitrogen and oxygen atoms in total. The van der Waals surface area contributed by atoms with Crippen molar-refractivity contribution in [2.45, 2.75) is 104 Å². The van der Waals surface area contributed by atoms with Gasteiger partial charge in [0.1, 0.15) is 35.2 Å². The quantitative estimate of drug-likeness (QED) is 0.202. The summed E-state index contributed by atoms with van der Waals surface area (Å²) < 4.78 is 23.1. The fraction of sp³-hybridized carbons (Fsp3) is 0.487. The summed E-state index contributed by atoms with van der Waals surface area (Å²) in [6.45, 7) is 14.9. The molecule has 1 fully saturated rings. The number of benzene rings is 2. The monoisotopic (exact) mass is 696 g/mol. The summed E-state index contributed by atoms with van der Waals surface area (Å²) in [6, 6.07) is 10.6. The van der Waals surface area contributed by atoms with Crippen LogP contribution in [-0.4, -0.2) is 79.4 Å². The number of likely N-dealkylation sites (tertiary alicyclic amines) is 1. The normalized spacial score (nSPS) is 16.9. The number of amides is 2. The topological polar surface area (TPSA) is 135 Å². The van der Waals surface area contributed by atoms with Gasteiger partial charge in [0.05, 0.1) is 42.8 Å². The van der Waals surface area contributed by atoms with E-state index < -0.39 is 17.3 Å². The Morgan fingerprint density at radius 2 is 1.78 bits per heavy atom. The molecule has 2 atom stereocenters. The number of carbonyl (C=O) groups is 2. The van der Waals surface area contributed by atoms with Crippen LogP contribution in [0.1, 0.15) is 89.4 Å². The van der Waals surface area contributed by atoms with Gasteiger partial charge in [-0.2, -0.15) is 0 Å². The second kappa shape index (κ2) is 13.0. The summed E-state index contributed by atoms with van der Waals surface area (Å²) >= 11 is 0. The third-order valence-corrected chi connectivity index (χ3v) is 9.45. The number of hydrogen-bond acceptors (Lipinski definition) is 8. The van der Waals surface area contributed by atoms with E-state index in [1.165, 1.54) is 5.56 Å². The molecule has 2 aromatic heterocycles. The van der Waals surface area contributed by atoms with Crippen LogP contribution in [-0.2, 0) is 40.2 Å². The number of methoxy groups -OCH3 is 1. The molecule has 270 valence electrons. The minimum Gasteiger partial charge on any atom is -0.488 e. The van der Waals surface area contributed by atoms with Gasteiger partial charge in [-0.1, -0.05) is 12.1 Å². The van der Waals surface area contributed by atoms with E-state index in [9.17, 15) is 9.59 Å². The number of nitrogens with zero attached hydrogens (tertiary/aromatic N) is 4. The van der Waals surface area contributed by atoms with Crippen molar-refractivity contribution in [3.05, 3.63) is 65.0 Å². The van der Waals surface area contributed by atoms with E-state index >= 15 is 0 Å². The minimum absolute atomic E-state index is 0.123. The maximum absolute atomic E-state index is 13.1. The van der Waals surface area contributed by atoms with E-state index in [4.69, 9.17) is 23.9 Å². The number of fused-ring (bicyclic) bond motifs is 6. The molecular weight excluding hydrogens is 648 g/mol. The van der Waals surface area contributed by atoms with Crippen molar-refractivity contribution in [1.82, 2.24) is 29.7 Å². The van der Waals surface area contributed by atoms with Crippen molar-refractivity contribution in [1.29, 1.82) is 0 Å². The second-order valence-electron chi connectivity index (χ2n) is 15.7. The van der Waals surface area contributed by atoms with Gasteiger partial charge < -0.3 is 28.9 Å². The third-order valence-electron chi connectivity index (χ3n) is 9.45. The predicted octanol–water partition coefficient (Wildman–Crippen LogP) is 7.58. The smallest absolute Gasteiger partial charge is 0.410 e. The summed E-state index contributed by atoms with van der Waals surface area (Å²) in [5, 5.41) is 0. The molecule has 2 unspecified atom stereocenters.